The number of hydrogen-bond acceptors (Lipinski definition) is 6. The summed E-state index contributed by atoms with van der Waals surface area (Å²) in [6.45, 7) is 0. The highest BCUT2D eigenvalue weighted by atomic mass is 79.9. The van der Waals surface area contributed by atoms with Gasteiger partial charge in [-0.05, 0) is 24.3 Å². The number of hydrogen-bond donors (Lipinski definition) is 0. The molecule has 6 nitrogen and oxygen atoms in total. The van der Waals surface area contributed by atoms with Crippen LogP contribution >= 0.6 is 27.7 Å². The molecule has 0 saturated heterocycles. The Hall–Kier alpha value is -1.45. The minimum absolute atomic E-state index is 0.0292. The fourth-order valence-electron chi connectivity index (χ4n) is 2.61. The van der Waals surface area contributed by atoms with E-state index in [0.29, 0.717) is 16.3 Å². The second kappa shape index (κ2) is 5.57. The van der Waals surface area contributed by atoms with E-state index in [1.807, 2.05) is 4.57 Å². The van der Waals surface area contributed by atoms with Gasteiger partial charge >= 0.3 is 0 Å². The van der Waals surface area contributed by atoms with E-state index >= 15 is 0 Å². The highest BCUT2D eigenvalue weighted by Gasteiger charge is 2.29. The Morgan fingerprint density at radius 2 is 2.00 bits per heavy atom. The van der Waals surface area contributed by atoms with Gasteiger partial charge in [-0.25, -0.2) is 23.4 Å². The number of nitrogens with zero attached hydrogens (tertiary/aromatic N) is 4. The fraction of sp³-hybridized carbons (Fsp3) is 0.214. The van der Waals surface area contributed by atoms with Crippen molar-refractivity contribution in [3.05, 3.63) is 41.4 Å². The Bertz CT molecular complexity index is 986. The molecule has 0 unspecified atom stereocenters. The molecule has 23 heavy (non-hydrogen) atoms. The second-order valence-electron chi connectivity index (χ2n) is 5.20. The summed E-state index contributed by atoms with van der Waals surface area (Å²) in [6.07, 6.45) is 3.14. The van der Waals surface area contributed by atoms with Gasteiger partial charge in [-0.2, -0.15) is 0 Å². The van der Waals surface area contributed by atoms with E-state index in [2.05, 4.69) is 30.9 Å². The summed E-state index contributed by atoms with van der Waals surface area (Å²) in [4.78, 5) is 13.0. The van der Waals surface area contributed by atoms with Crippen LogP contribution in [0, 0.1) is 0 Å². The zero-order valence-electron chi connectivity index (χ0n) is 11.8. The Morgan fingerprint density at radius 1 is 1.22 bits per heavy atom. The number of rotatable bonds is 3. The number of benzene rings is 1. The average molecular weight is 411 g/mol. The molecule has 3 heterocycles. The maximum absolute atomic E-state index is 12.7. The first-order valence-corrected chi connectivity index (χ1v) is 10.3. The molecule has 0 radical (unpaired) electrons. The van der Waals surface area contributed by atoms with Crippen LogP contribution < -0.4 is 0 Å². The molecule has 0 N–H and O–H groups in total. The number of imidazole rings is 1. The van der Waals surface area contributed by atoms with Crippen molar-refractivity contribution in [3.8, 4) is 0 Å². The van der Waals surface area contributed by atoms with Crippen LogP contribution in [0.15, 0.2) is 51.3 Å². The quantitative estimate of drug-likeness (QED) is 0.617. The SMILES string of the molecule is O=S(=O)(C[C@@H]1CSc2ncnc3ncn1c23)c1ccc(Br)cc1. The van der Waals surface area contributed by atoms with Gasteiger partial charge in [0, 0.05) is 10.2 Å². The zero-order chi connectivity index (χ0) is 16.0. The van der Waals surface area contributed by atoms with Crippen LogP contribution in [0.4, 0.5) is 0 Å². The van der Waals surface area contributed by atoms with Crippen molar-refractivity contribution in [1.29, 1.82) is 0 Å². The van der Waals surface area contributed by atoms with Crippen molar-refractivity contribution in [3.63, 3.8) is 0 Å². The summed E-state index contributed by atoms with van der Waals surface area (Å²) < 4.78 is 28.1. The lowest BCUT2D eigenvalue weighted by atomic mass is 10.3. The lowest BCUT2D eigenvalue weighted by Gasteiger charge is -2.23. The van der Waals surface area contributed by atoms with Gasteiger partial charge in [0.1, 0.15) is 16.9 Å². The van der Waals surface area contributed by atoms with Crippen LogP contribution in [0.1, 0.15) is 6.04 Å². The van der Waals surface area contributed by atoms with Crippen molar-refractivity contribution in [2.45, 2.75) is 16.0 Å². The first-order chi connectivity index (χ1) is 11.0. The van der Waals surface area contributed by atoms with Gasteiger partial charge in [-0.1, -0.05) is 15.9 Å². The maximum Gasteiger partial charge on any atom is 0.181 e. The lowest BCUT2D eigenvalue weighted by molar-refractivity contribution is 0.563. The highest BCUT2D eigenvalue weighted by molar-refractivity contribution is 9.10. The van der Waals surface area contributed by atoms with E-state index in [0.717, 1.165) is 15.0 Å². The molecule has 0 bridgehead atoms. The van der Waals surface area contributed by atoms with Crippen molar-refractivity contribution < 1.29 is 8.42 Å². The van der Waals surface area contributed by atoms with Crippen molar-refractivity contribution >= 4 is 48.7 Å². The lowest BCUT2D eigenvalue weighted by Crippen LogP contribution is -2.24. The van der Waals surface area contributed by atoms with Gasteiger partial charge < -0.3 is 4.57 Å². The molecule has 118 valence electrons. The van der Waals surface area contributed by atoms with E-state index in [1.165, 1.54) is 6.33 Å². The molecule has 9 heteroatoms. The first-order valence-electron chi connectivity index (χ1n) is 6.83. The normalized spacial score (nSPS) is 17.5. The van der Waals surface area contributed by atoms with Gasteiger partial charge in [0.15, 0.2) is 15.5 Å². The predicted molar refractivity (Wildman–Crippen MR) is 91.3 cm³/mol. The van der Waals surface area contributed by atoms with E-state index in [9.17, 15) is 8.42 Å². The van der Waals surface area contributed by atoms with Gasteiger partial charge in [0.05, 0.1) is 23.0 Å². The highest BCUT2D eigenvalue weighted by Crippen LogP contribution is 2.35. The molecule has 0 spiro atoms. The number of sulfone groups is 1. The first kappa shape index (κ1) is 15.1. The second-order valence-corrected chi connectivity index (χ2v) is 9.16. The third-order valence-corrected chi connectivity index (χ3v) is 7.19. The molecule has 1 atom stereocenters. The van der Waals surface area contributed by atoms with Crippen molar-refractivity contribution in [2.75, 3.05) is 11.5 Å². The Morgan fingerprint density at radius 3 is 2.78 bits per heavy atom. The molecule has 1 aliphatic rings. The summed E-state index contributed by atoms with van der Waals surface area (Å²) in [6, 6.07) is 6.53. The molecular formula is C14H11BrN4O2S2. The molecule has 1 aromatic carbocycles. The van der Waals surface area contributed by atoms with Crippen LogP contribution in [0.25, 0.3) is 11.2 Å². The summed E-state index contributed by atoms with van der Waals surface area (Å²) in [5.74, 6) is 0.673. The maximum atomic E-state index is 12.7. The monoisotopic (exact) mass is 410 g/mol. The van der Waals surface area contributed by atoms with E-state index in [4.69, 9.17) is 0 Å². The van der Waals surface area contributed by atoms with E-state index < -0.39 is 9.84 Å². The summed E-state index contributed by atoms with van der Waals surface area (Å²) >= 11 is 4.87. The van der Waals surface area contributed by atoms with Crippen molar-refractivity contribution in [1.82, 2.24) is 19.5 Å². The molecule has 1 aliphatic heterocycles. The van der Waals surface area contributed by atoms with Crippen LogP contribution in [-0.4, -0.2) is 39.4 Å². The molecule has 0 amide bonds. The largest absolute Gasteiger partial charge is 0.322 e. The molecule has 4 rings (SSSR count). The molecule has 0 fully saturated rings. The van der Waals surface area contributed by atoms with E-state index in [1.54, 1.807) is 42.4 Å². The molecule has 0 aliphatic carbocycles. The van der Waals surface area contributed by atoms with Gasteiger partial charge in [-0.3, -0.25) is 0 Å². The average Bonchev–Trinajstić information content (AvgIpc) is 2.97. The molecular weight excluding hydrogens is 400 g/mol. The Labute approximate surface area is 145 Å². The Kier molecular flexibility index (Phi) is 3.66. The standard InChI is InChI=1S/C14H11BrN4O2S2/c15-9-1-3-11(4-2-9)23(20,21)6-10-5-22-14-12-13(16-7-17-14)18-8-19(10)12/h1-4,7-8,10H,5-6H2/t10-/m0/s1. The van der Waals surface area contributed by atoms with E-state index in [-0.39, 0.29) is 11.8 Å². The predicted octanol–water partition coefficient (Wildman–Crippen LogP) is 2.71. The topological polar surface area (TPSA) is 77.7 Å². The van der Waals surface area contributed by atoms with Gasteiger partial charge in [0.2, 0.25) is 0 Å². The van der Waals surface area contributed by atoms with Crippen LogP contribution in [0.5, 0.6) is 0 Å². The minimum atomic E-state index is -3.38. The zero-order valence-corrected chi connectivity index (χ0v) is 15.0. The fourth-order valence-corrected chi connectivity index (χ4v) is 5.63. The number of halogens is 1. The van der Waals surface area contributed by atoms with Crippen molar-refractivity contribution in [2.24, 2.45) is 0 Å². The number of aromatic nitrogens is 4. The van der Waals surface area contributed by atoms with Crippen LogP contribution in [-0.2, 0) is 9.84 Å². The summed E-state index contributed by atoms with van der Waals surface area (Å²) in [5, 5.41) is 0.852. The third-order valence-electron chi connectivity index (χ3n) is 3.72. The Balaban J connectivity index is 1.71. The third kappa shape index (κ3) is 2.66. The van der Waals surface area contributed by atoms with Crippen LogP contribution in [0.3, 0.4) is 0 Å². The molecule has 2 aromatic heterocycles. The molecule has 3 aromatic rings. The number of thioether (sulfide) groups is 1. The van der Waals surface area contributed by atoms with Crippen LogP contribution in [0.2, 0.25) is 0 Å². The minimum Gasteiger partial charge on any atom is -0.322 e. The van der Waals surface area contributed by atoms with Gasteiger partial charge in [-0.15, -0.1) is 11.8 Å². The summed E-state index contributed by atoms with van der Waals surface area (Å²) in [7, 11) is -3.38. The van der Waals surface area contributed by atoms with Gasteiger partial charge in [0.25, 0.3) is 0 Å². The molecule has 0 saturated carbocycles. The summed E-state index contributed by atoms with van der Waals surface area (Å²) in [5.41, 5.74) is 1.42. The smallest absolute Gasteiger partial charge is 0.181 e.